The molecule has 4 aliphatic rings. The minimum atomic E-state index is -0.526. The number of carbonyl (C=O) groups is 1. The molecule has 4 heteroatoms. The molecule has 4 bridgehead atoms. The van der Waals surface area contributed by atoms with Crippen LogP contribution in [0.5, 0.6) is 0 Å². The predicted octanol–water partition coefficient (Wildman–Crippen LogP) is 3.26. The summed E-state index contributed by atoms with van der Waals surface area (Å²) < 4.78 is 5.43. The molecule has 1 saturated carbocycles. The monoisotopic (exact) mass is 338 g/mol. The highest BCUT2D eigenvalue weighted by molar-refractivity contribution is 5.91. The number of aromatic amines is 1. The molecule has 25 heavy (non-hydrogen) atoms. The molecule has 6 rings (SSSR count). The van der Waals surface area contributed by atoms with Crippen LogP contribution in [0.25, 0.3) is 10.9 Å². The quantitative estimate of drug-likeness (QED) is 0.855. The lowest BCUT2D eigenvalue weighted by Gasteiger charge is -2.57. The number of fused-ring (bicyclic) bond motifs is 4. The molecule has 1 aromatic carbocycles. The molecule has 0 amide bonds. The molecule has 1 aromatic heterocycles. The Balaban J connectivity index is 1.81. The Morgan fingerprint density at radius 3 is 3.04 bits per heavy atom. The number of nitrogens with one attached hydrogen (secondary N) is 1. The Kier molecular flexibility index (Phi) is 3.30. The maximum absolute atomic E-state index is 13.3. The average Bonchev–Trinajstić information content (AvgIpc) is 3.00. The van der Waals surface area contributed by atoms with Crippen molar-refractivity contribution >= 4 is 16.9 Å². The van der Waals surface area contributed by atoms with E-state index in [-0.39, 0.29) is 12.0 Å². The van der Waals surface area contributed by atoms with Crippen LogP contribution in [-0.4, -0.2) is 42.1 Å². The molecule has 3 fully saturated rings. The summed E-state index contributed by atoms with van der Waals surface area (Å²) >= 11 is 0. The van der Waals surface area contributed by atoms with Gasteiger partial charge >= 0.3 is 5.97 Å². The number of carbonyl (C=O) groups excluding carboxylic acids is 1. The summed E-state index contributed by atoms with van der Waals surface area (Å²) in [5.74, 6) is 1.12. The zero-order chi connectivity index (χ0) is 17.2. The van der Waals surface area contributed by atoms with Gasteiger partial charge in [-0.15, -0.1) is 0 Å². The predicted molar refractivity (Wildman–Crippen MR) is 97.6 cm³/mol. The van der Waals surface area contributed by atoms with Crippen LogP contribution in [-0.2, 0) is 21.4 Å². The summed E-state index contributed by atoms with van der Waals surface area (Å²) in [7, 11) is 1.55. The van der Waals surface area contributed by atoms with Gasteiger partial charge in [-0.1, -0.05) is 31.5 Å². The summed E-state index contributed by atoms with van der Waals surface area (Å²) in [6.45, 7) is 4.46. The molecule has 2 aromatic rings. The second kappa shape index (κ2) is 5.34. The van der Waals surface area contributed by atoms with E-state index in [4.69, 9.17) is 4.74 Å². The first-order valence-electron chi connectivity index (χ1n) is 9.61. The topological polar surface area (TPSA) is 45.3 Å². The fourth-order valence-corrected chi connectivity index (χ4v) is 6.27. The zero-order valence-corrected chi connectivity index (χ0v) is 15.0. The minimum absolute atomic E-state index is 0.0416. The maximum atomic E-state index is 13.3. The molecule has 0 spiro atoms. The standard InChI is InChI=1S/C21H26N2O2/c1-3-14-10-13-11-21(20(24)25-2)18-16(8-9-23(12-13)19(14)21)15-6-4-5-7-17(15)22-18/h4-7,13-14,19,22H,3,8-12H2,1-2H3/t13-,14+,19+,21+/m1/s1. The first kappa shape index (κ1) is 15.4. The van der Waals surface area contributed by atoms with Gasteiger partial charge in [-0.2, -0.15) is 0 Å². The smallest absolute Gasteiger partial charge is 0.319 e. The van der Waals surface area contributed by atoms with E-state index < -0.39 is 5.41 Å². The van der Waals surface area contributed by atoms with Gasteiger partial charge in [0.2, 0.25) is 0 Å². The summed E-state index contributed by atoms with van der Waals surface area (Å²) in [4.78, 5) is 19.5. The molecule has 3 aliphatic heterocycles. The number of rotatable bonds is 2. The number of H-pyrrole nitrogens is 1. The SMILES string of the molecule is CC[C@H]1C[C@H]2CN3CCc4c([nH]c5ccccc45)[C@@](C(=O)OC)(C2)[C@H]13. The number of hydrogen-bond donors (Lipinski definition) is 1. The highest BCUT2D eigenvalue weighted by Gasteiger charge is 2.62. The highest BCUT2D eigenvalue weighted by Crippen LogP contribution is 2.55. The van der Waals surface area contributed by atoms with Crippen LogP contribution in [0.1, 0.15) is 37.4 Å². The fourth-order valence-electron chi connectivity index (χ4n) is 6.27. The number of ether oxygens (including phenoxy) is 1. The van der Waals surface area contributed by atoms with Gasteiger partial charge in [-0.3, -0.25) is 9.69 Å². The number of methoxy groups -OCH3 is 1. The van der Waals surface area contributed by atoms with Gasteiger partial charge in [0.15, 0.2) is 0 Å². The highest BCUT2D eigenvalue weighted by atomic mass is 16.5. The van der Waals surface area contributed by atoms with Crippen molar-refractivity contribution in [3.63, 3.8) is 0 Å². The number of esters is 1. The number of piperidine rings is 2. The van der Waals surface area contributed by atoms with Crippen molar-refractivity contribution in [2.24, 2.45) is 11.8 Å². The molecule has 5 atom stereocenters. The first-order valence-corrected chi connectivity index (χ1v) is 9.61. The van der Waals surface area contributed by atoms with E-state index in [9.17, 15) is 4.79 Å². The van der Waals surface area contributed by atoms with Crippen molar-refractivity contribution in [3.05, 3.63) is 35.5 Å². The van der Waals surface area contributed by atoms with Gasteiger partial charge < -0.3 is 9.72 Å². The third-order valence-corrected chi connectivity index (χ3v) is 7.07. The minimum Gasteiger partial charge on any atom is -0.468 e. The lowest BCUT2D eigenvalue weighted by molar-refractivity contribution is -0.162. The summed E-state index contributed by atoms with van der Waals surface area (Å²) in [5, 5.41) is 1.28. The molecule has 1 aliphatic carbocycles. The van der Waals surface area contributed by atoms with E-state index in [1.165, 1.54) is 17.4 Å². The van der Waals surface area contributed by atoms with Gasteiger partial charge in [0.05, 0.1) is 7.11 Å². The van der Waals surface area contributed by atoms with Crippen LogP contribution < -0.4 is 0 Å². The van der Waals surface area contributed by atoms with E-state index in [1.807, 2.05) is 0 Å². The number of aromatic nitrogens is 1. The molecular formula is C21H26N2O2. The van der Waals surface area contributed by atoms with E-state index >= 15 is 0 Å². The van der Waals surface area contributed by atoms with Gasteiger partial charge in [0.25, 0.3) is 0 Å². The number of benzene rings is 1. The number of para-hydroxylation sites is 1. The zero-order valence-electron chi connectivity index (χ0n) is 15.0. The Morgan fingerprint density at radius 1 is 1.40 bits per heavy atom. The molecule has 132 valence electrons. The van der Waals surface area contributed by atoms with Crippen LogP contribution in [0.15, 0.2) is 24.3 Å². The summed E-state index contributed by atoms with van der Waals surface area (Å²) in [6, 6.07) is 8.75. The van der Waals surface area contributed by atoms with Crippen LogP contribution in [0.2, 0.25) is 0 Å². The van der Waals surface area contributed by atoms with Crippen LogP contribution in [0, 0.1) is 11.8 Å². The van der Waals surface area contributed by atoms with Gasteiger partial charge in [-0.25, -0.2) is 0 Å². The Hall–Kier alpha value is -1.81. The third-order valence-electron chi connectivity index (χ3n) is 7.07. The Labute approximate surface area is 148 Å². The molecule has 2 saturated heterocycles. The molecule has 4 heterocycles. The molecule has 0 radical (unpaired) electrons. The lowest BCUT2D eigenvalue weighted by Crippen LogP contribution is -2.67. The molecule has 1 N–H and O–H groups in total. The fraction of sp³-hybridized carbons (Fsp3) is 0.571. The normalized spacial score (nSPS) is 36.1. The first-order chi connectivity index (χ1) is 12.2. The van der Waals surface area contributed by atoms with Crippen molar-refractivity contribution in [2.45, 2.75) is 44.1 Å². The second-order valence-corrected chi connectivity index (χ2v) is 8.15. The van der Waals surface area contributed by atoms with E-state index in [0.29, 0.717) is 11.8 Å². The Bertz CT molecular complexity index is 842. The van der Waals surface area contributed by atoms with Crippen LogP contribution in [0.4, 0.5) is 0 Å². The van der Waals surface area contributed by atoms with Gasteiger partial charge in [0, 0.05) is 35.7 Å². The maximum Gasteiger partial charge on any atom is 0.319 e. The number of nitrogens with zero attached hydrogens (tertiary/aromatic N) is 1. The van der Waals surface area contributed by atoms with E-state index in [1.54, 1.807) is 7.11 Å². The lowest BCUT2D eigenvalue weighted by atomic mass is 9.56. The summed E-state index contributed by atoms with van der Waals surface area (Å²) in [5.41, 5.74) is 3.11. The molecular weight excluding hydrogens is 312 g/mol. The van der Waals surface area contributed by atoms with E-state index in [2.05, 4.69) is 41.1 Å². The Morgan fingerprint density at radius 2 is 2.24 bits per heavy atom. The third kappa shape index (κ3) is 1.89. The van der Waals surface area contributed by atoms with Crippen molar-refractivity contribution in [1.29, 1.82) is 0 Å². The largest absolute Gasteiger partial charge is 0.468 e. The van der Waals surface area contributed by atoms with E-state index in [0.717, 1.165) is 43.6 Å². The average molecular weight is 338 g/mol. The molecule has 1 unspecified atom stereocenters. The van der Waals surface area contributed by atoms with Crippen LogP contribution >= 0.6 is 0 Å². The van der Waals surface area contributed by atoms with Gasteiger partial charge in [0.1, 0.15) is 5.41 Å². The van der Waals surface area contributed by atoms with Crippen molar-refractivity contribution in [1.82, 2.24) is 9.88 Å². The van der Waals surface area contributed by atoms with Crippen molar-refractivity contribution < 1.29 is 9.53 Å². The number of hydrogen-bond acceptors (Lipinski definition) is 3. The van der Waals surface area contributed by atoms with Gasteiger partial charge in [-0.05, 0) is 42.7 Å². The summed E-state index contributed by atoms with van der Waals surface area (Å²) in [6.07, 6.45) is 4.33. The van der Waals surface area contributed by atoms with Crippen LogP contribution in [0.3, 0.4) is 0 Å². The second-order valence-electron chi connectivity index (χ2n) is 8.15. The van der Waals surface area contributed by atoms with Crippen molar-refractivity contribution in [3.8, 4) is 0 Å². The molecule has 4 nitrogen and oxygen atoms in total. The van der Waals surface area contributed by atoms with Crippen molar-refractivity contribution in [2.75, 3.05) is 20.2 Å².